The quantitative estimate of drug-likeness (QED) is 0.805. The molecule has 1 saturated carbocycles. The Morgan fingerprint density at radius 2 is 2.10 bits per heavy atom. The SMILES string of the molecule is CCc1cccc(OCC(O)CNC2(C)CCCC2)c1. The van der Waals surface area contributed by atoms with Gasteiger partial charge in [0, 0.05) is 12.1 Å². The molecule has 0 heterocycles. The third-order valence-corrected chi connectivity index (χ3v) is 4.22. The van der Waals surface area contributed by atoms with Gasteiger partial charge in [0.1, 0.15) is 18.5 Å². The lowest BCUT2D eigenvalue weighted by molar-refractivity contribution is 0.0979. The van der Waals surface area contributed by atoms with Crippen molar-refractivity contribution in [1.29, 1.82) is 0 Å². The maximum Gasteiger partial charge on any atom is 0.119 e. The Labute approximate surface area is 122 Å². The van der Waals surface area contributed by atoms with Gasteiger partial charge in [-0.3, -0.25) is 0 Å². The number of benzene rings is 1. The van der Waals surface area contributed by atoms with Crippen molar-refractivity contribution < 1.29 is 9.84 Å². The zero-order chi connectivity index (χ0) is 14.4. The smallest absolute Gasteiger partial charge is 0.119 e. The molecule has 0 saturated heterocycles. The fourth-order valence-corrected chi connectivity index (χ4v) is 2.80. The molecule has 3 nitrogen and oxygen atoms in total. The molecule has 0 amide bonds. The van der Waals surface area contributed by atoms with Gasteiger partial charge in [0.15, 0.2) is 0 Å². The van der Waals surface area contributed by atoms with Gasteiger partial charge in [-0.1, -0.05) is 31.9 Å². The predicted octanol–water partition coefficient (Wildman–Crippen LogP) is 2.91. The first kappa shape index (κ1) is 15.3. The van der Waals surface area contributed by atoms with Crippen molar-refractivity contribution in [3.05, 3.63) is 29.8 Å². The lowest BCUT2D eigenvalue weighted by Gasteiger charge is -2.27. The summed E-state index contributed by atoms with van der Waals surface area (Å²) >= 11 is 0. The normalized spacial score (nSPS) is 18.9. The van der Waals surface area contributed by atoms with Crippen molar-refractivity contribution in [2.45, 2.75) is 57.6 Å². The van der Waals surface area contributed by atoms with Gasteiger partial charge in [0.05, 0.1) is 0 Å². The van der Waals surface area contributed by atoms with Crippen LogP contribution in [0.2, 0.25) is 0 Å². The number of hydrogen-bond acceptors (Lipinski definition) is 3. The molecular formula is C17H27NO2. The molecule has 1 aromatic rings. The van der Waals surface area contributed by atoms with Gasteiger partial charge in [-0.15, -0.1) is 0 Å². The molecule has 1 aliphatic rings. The summed E-state index contributed by atoms with van der Waals surface area (Å²) < 4.78 is 5.67. The highest BCUT2D eigenvalue weighted by Crippen LogP contribution is 2.28. The van der Waals surface area contributed by atoms with Crippen LogP contribution in [0.1, 0.15) is 45.1 Å². The molecule has 2 N–H and O–H groups in total. The second-order valence-electron chi connectivity index (χ2n) is 6.11. The molecule has 0 aromatic heterocycles. The average Bonchev–Trinajstić information content (AvgIpc) is 2.90. The van der Waals surface area contributed by atoms with Gasteiger partial charge in [-0.25, -0.2) is 0 Å². The fraction of sp³-hybridized carbons (Fsp3) is 0.647. The molecule has 1 unspecified atom stereocenters. The molecule has 0 aliphatic heterocycles. The van der Waals surface area contributed by atoms with E-state index in [9.17, 15) is 5.11 Å². The van der Waals surface area contributed by atoms with E-state index in [0.29, 0.717) is 13.2 Å². The highest BCUT2D eigenvalue weighted by molar-refractivity contribution is 5.28. The van der Waals surface area contributed by atoms with Crippen molar-refractivity contribution in [3.63, 3.8) is 0 Å². The lowest BCUT2D eigenvalue weighted by Crippen LogP contribution is -2.44. The zero-order valence-corrected chi connectivity index (χ0v) is 12.7. The highest BCUT2D eigenvalue weighted by atomic mass is 16.5. The maximum absolute atomic E-state index is 10.0. The number of hydrogen-bond donors (Lipinski definition) is 2. The minimum absolute atomic E-state index is 0.211. The van der Waals surface area contributed by atoms with Gasteiger partial charge < -0.3 is 15.2 Å². The number of aliphatic hydroxyl groups excluding tert-OH is 1. The van der Waals surface area contributed by atoms with E-state index in [0.717, 1.165) is 12.2 Å². The van der Waals surface area contributed by atoms with Crippen LogP contribution in [-0.2, 0) is 6.42 Å². The Morgan fingerprint density at radius 1 is 1.35 bits per heavy atom. The third kappa shape index (κ3) is 4.50. The molecule has 1 fully saturated rings. The molecule has 1 aromatic carbocycles. The van der Waals surface area contributed by atoms with E-state index in [1.807, 2.05) is 18.2 Å². The summed E-state index contributed by atoms with van der Waals surface area (Å²) in [5.41, 5.74) is 1.47. The van der Waals surface area contributed by atoms with Gasteiger partial charge in [0.2, 0.25) is 0 Å². The number of β-amino-alcohol motifs (C(OH)–C–C–N with tert-alkyl or cyclic N) is 1. The summed E-state index contributed by atoms with van der Waals surface area (Å²) in [6.45, 7) is 5.32. The molecule has 3 heteroatoms. The summed E-state index contributed by atoms with van der Waals surface area (Å²) in [5, 5.41) is 13.5. The number of aryl methyl sites for hydroxylation is 1. The minimum atomic E-state index is -0.460. The van der Waals surface area contributed by atoms with Crippen LogP contribution in [0.25, 0.3) is 0 Å². The first-order chi connectivity index (χ1) is 9.61. The van der Waals surface area contributed by atoms with E-state index in [2.05, 4.69) is 25.2 Å². The Bertz CT molecular complexity index is 413. The van der Waals surface area contributed by atoms with Crippen molar-refractivity contribution in [2.75, 3.05) is 13.2 Å². The first-order valence-electron chi connectivity index (χ1n) is 7.76. The lowest BCUT2D eigenvalue weighted by atomic mass is 10.0. The van der Waals surface area contributed by atoms with E-state index in [1.54, 1.807) is 0 Å². The van der Waals surface area contributed by atoms with Crippen LogP contribution in [0.4, 0.5) is 0 Å². The van der Waals surface area contributed by atoms with Crippen LogP contribution in [0, 0.1) is 0 Å². The van der Waals surface area contributed by atoms with E-state index in [-0.39, 0.29) is 5.54 Å². The summed E-state index contributed by atoms with van der Waals surface area (Å²) in [5.74, 6) is 0.843. The maximum atomic E-state index is 10.0. The van der Waals surface area contributed by atoms with Gasteiger partial charge in [0.25, 0.3) is 0 Å². The molecule has 1 atom stereocenters. The monoisotopic (exact) mass is 277 g/mol. The Hall–Kier alpha value is -1.06. The molecule has 112 valence electrons. The molecule has 1 aliphatic carbocycles. The first-order valence-corrected chi connectivity index (χ1v) is 7.76. The molecule has 0 spiro atoms. The van der Waals surface area contributed by atoms with Crippen LogP contribution in [0.5, 0.6) is 5.75 Å². The fourth-order valence-electron chi connectivity index (χ4n) is 2.80. The number of nitrogens with one attached hydrogen (secondary N) is 1. The molecule has 0 radical (unpaired) electrons. The second-order valence-corrected chi connectivity index (χ2v) is 6.11. The zero-order valence-electron chi connectivity index (χ0n) is 12.7. The van der Waals surface area contributed by atoms with E-state index >= 15 is 0 Å². The Kier molecular flexibility index (Phi) is 5.44. The summed E-state index contributed by atoms with van der Waals surface area (Å²) in [6, 6.07) is 8.07. The van der Waals surface area contributed by atoms with Gasteiger partial charge in [-0.2, -0.15) is 0 Å². The van der Waals surface area contributed by atoms with Crippen LogP contribution >= 0.6 is 0 Å². The third-order valence-electron chi connectivity index (χ3n) is 4.22. The number of aliphatic hydroxyl groups is 1. The average molecular weight is 277 g/mol. The molecule has 0 bridgehead atoms. The van der Waals surface area contributed by atoms with Crippen LogP contribution in [0.3, 0.4) is 0 Å². The van der Waals surface area contributed by atoms with Crippen LogP contribution in [-0.4, -0.2) is 29.9 Å². The summed E-state index contributed by atoms with van der Waals surface area (Å²) in [4.78, 5) is 0. The van der Waals surface area contributed by atoms with Gasteiger partial charge in [-0.05, 0) is 43.9 Å². The van der Waals surface area contributed by atoms with Crippen LogP contribution < -0.4 is 10.1 Å². The second kappa shape index (κ2) is 7.09. The molecule has 20 heavy (non-hydrogen) atoms. The Morgan fingerprint density at radius 3 is 2.80 bits per heavy atom. The Balaban J connectivity index is 1.72. The number of ether oxygens (including phenoxy) is 1. The van der Waals surface area contributed by atoms with Crippen molar-refractivity contribution in [1.82, 2.24) is 5.32 Å². The van der Waals surface area contributed by atoms with Crippen LogP contribution in [0.15, 0.2) is 24.3 Å². The van der Waals surface area contributed by atoms with E-state index < -0.39 is 6.10 Å². The summed E-state index contributed by atoms with van der Waals surface area (Å²) in [6.07, 6.45) is 5.54. The van der Waals surface area contributed by atoms with Crippen molar-refractivity contribution in [2.24, 2.45) is 0 Å². The van der Waals surface area contributed by atoms with Gasteiger partial charge >= 0.3 is 0 Å². The minimum Gasteiger partial charge on any atom is -0.491 e. The topological polar surface area (TPSA) is 41.5 Å². The standard InChI is InChI=1S/C17H27NO2/c1-3-14-7-6-8-16(11-14)20-13-15(19)12-18-17(2)9-4-5-10-17/h6-8,11,15,18-19H,3-5,9-10,12-13H2,1-2H3. The van der Waals surface area contributed by atoms with Crippen molar-refractivity contribution in [3.8, 4) is 5.75 Å². The van der Waals surface area contributed by atoms with E-state index in [4.69, 9.17) is 4.74 Å². The molecule has 2 rings (SSSR count). The highest BCUT2D eigenvalue weighted by Gasteiger charge is 2.28. The predicted molar refractivity (Wildman–Crippen MR) is 82.2 cm³/mol. The van der Waals surface area contributed by atoms with Crippen molar-refractivity contribution >= 4 is 0 Å². The number of rotatable bonds is 7. The largest absolute Gasteiger partial charge is 0.491 e. The summed E-state index contributed by atoms with van der Waals surface area (Å²) in [7, 11) is 0. The molecular weight excluding hydrogens is 250 g/mol. The van der Waals surface area contributed by atoms with E-state index in [1.165, 1.54) is 31.2 Å².